The van der Waals surface area contributed by atoms with Crippen LogP contribution in [0.1, 0.15) is 38.3 Å². The average molecular weight is 226 g/mol. The van der Waals surface area contributed by atoms with Gasteiger partial charge in [-0.15, -0.1) is 0 Å². The summed E-state index contributed by atoms with van der Waals surface area (Å²) < 4.78 is 0. The van der Waals surface area contributed by atoms with E-state index in [0.717, 1.165) is 23.6 Å². The molecule has 15 heavy (non-hydrogen) atoms. The molecule has 0 amide bonds. The number of hydrogen-bond acceptors (Lipinski definition) is 1. The van der Waals surface area contributed by atoms with Crippen molar-refractivity contribution < 1.29 is 0 Å². The van der Waals surface area contributed by atoms with E-state index in [4.69, 9.17) is 11.6 Å². The molecule has 1 rings (SSSR count). The van der Waals surface area contributed by atoms with Gasteiger partial charge in [-0.1, -0.05) is 30.7 Å². The minimum absolute atomic E-state index is 0.192. The van der Waals surface area contributed by atoms with Crippen LogP contribution in [0.2, 0.25) is 5.02 Å². The monoisotopic (exact) mass is 225 g/mol. The summed E-state index contributed by atoms with van der Waals surface area (Å²) in [6.07, 6.45) is 1.12. The predicted molar refractivity (Wildman–Crippen MR) is 67.4 cm³/mol. The smallest absolute Gasteiger partial charge is 0.0438 e. The van der Waals surface area contributed by atoms with E-state index in [-0.39, 0.29) is 5.54 Å². The van der Waals surface area contributed by atoms with Crippen LogP contribution in [0.4, 0.5) is 0 Å². The molecule has 0 saturated carbocycles. The minimum atomic E-state index is 0.192. The Hall–Kier alpha value is -0.530. The van der Waals surface area contributed by atoms with Crippen LogP contribution in [0.25, 0.3) is 0 Å². The highest BCUT2D eigenvalue weighted by Gasteiger charge is 2.13. The van der Waals surface area contributed by atoms with Gasteiger partial charge >= 0.3 is 0 Å². The zero-order valence-electron chi connectivity index (χ0n) is 10.0. The molecule has 0 aromatic heterocycles. The van der Waals surface area contributed by atoms with E-state index in [0.29, 0.717) is 0 Å². The summed E-state index contributed by atoms with van der Waals surface area (Å²) >= 11 is 6.07. The Labute approximate surface area is 97.8 Å². The van der Waals surface area contributed by atoms with E-state index >= 15 is 0 Å². The van der Waals surface area contributed by atoms with Gasteiger partial charge in [0.15, 0.2) is 0 Å². The molecule has 0 bridgehead atoms. The first-order valence-corrected chi connectivity index (χ1v) is 5.82. The van der Waals surface area contributed by atoms with Crippen LogP contribution < -0.4 is 5.32 Å². The Balaban J connectivity index is 2.62. The van der Waals surface area contributed by atoms with Crippen molar-refractivity contribution in [3.63, 3.8) is 0 Å². The summed E-state index contributed by atoms with van der Waals surface area (Å²) in [6.45, 7) is 9.51. The zero-order valence-corrected chi connectivity index (χ0v) is 10.8. The SMILES string of the molecule is CCC(C)(C)NCc1ccc(C)c(Cl)c1. The zero-order chi connectivity index (χ0) is 11.5. The number of halogens is 1. The van der Waals surface area contributed by atoms with E-state index in [1.165, 1.54) is 5.56 Å². The summed E-state index contributed by atoms with van der Waals surface area (Å²) in [4.78, 5) is 0. The summed E-state index contributed by atoms with van der Waals surface area (Å²) in [5.41, 5.74) is 2.57. The van der Waals surface area contributed by atoms with E-state index < -0.39 is 0 Å². The molecule has 0 heterocycles. The van der Waals surface area contributed by atoms with Gasteiger partial charge in [0.25, 0.3) is 0 Å². The van der Waals surface area contributed by atoms with E-state index in [1.807, 2.05) is 13.0 Å². The largest absolute Gasteiger partial charge is 0.308 e. The van der Waals surface area contributed by atoms with E-state index in [2.05, 4.69) is 38.2 Å². The molecule has 0 aliphatic heterocycles. The second-order valence-corrected chi connectivity index (χ2v) is 5.08. The fourth-order valence-electron chi connectivity index (χ4n) is 1.21. The van der Waals surface area contributed by atoms with Crippen LogP contribution in [0, 0.1) is 6.92 Å². The summed E-state index contributed by atoms with van der Waals surface area (Å²) in [5, 5.41) is 4.36. The second-order valence-electron chi connectivity index (χ2n) is 4.67. The number of hydrogen-bond donors (Lipinski definition) is 1. The van der Waals surface area contributed by atoms with Crippen molar-refractivity contribution in [2.75, 3.05) is 0 Å². The number of benzene rings is 1. The summed E-state index contributed by atoms with van der Waals surface area (Å²) in [7, 11) is 0. The highest BCUT2D eigenvalue weighted by Crippen LogP contribution is 2.17. The van der Waals surface area contributed by atoms with E-state index in [1.54, 1.807) is 0 Å². The molecule has 0 unspecified atom stereocenters. The molecular weight excluding hydrogens is 206 g/mol. The molecule has 1 aromatic carbocycles. The molecule has 1 nitrogen and oxygen atoms in total. The standard InChI is InChI=1S/C13H20ClN/c1-5-13(3,4)15-9-11-7-6-10(2)12(14)8-11/h6-8,15H,5,9H2,1-4H3. The van der Waals surface area contributed by atoms with Crippen molar-refractivity contribution in [2.45, 2.75) is 46.2 Å². The highest BCUT2D eigenvalue weighted by atomic mass is 35.5. The average Bonchev–Trinajstić information content (AvgIpc) is 2.20. The van der Waals surface area contributed by atoms with Crippen LogP contribution in [-0.2, 0) is 6.54 Å². The topological polar surface area (TPSA) is 12.0 Å². The van der Waals surface area contributed by atoms with Gasteiger partial charge in [0.2, 0.25) is 0 Å². The molecule has 0 aliphatic rings. The molecular formula is C13H20ClN. The van der Waals surface area contributed by atoms with Crippen LogP contribution in [0.15, 0.2) is 18.2 Å². The van der Waals surface area contributed by atoms with Crippen molar-refractivity contribution >= 4 is 11.6 Å². The third-order valence-corrected chi connectivity index (χ3v) is 3.30. The van der Waals surface area contributed by atoms with Gasteiger partial charge in [-0.25, -0.2) is 0 Å². The van der Waals surface area contributed by atoms with Gasteiger partial charge in [0, 0.05) is 17.1 Å². The first-order valence-electron chi connectivity index (χ1n) is 5.44. The van der Waals surface area contributed by atoms with Gasteiger partial charge in [0.1, 0.15) is 0 Å². The Morgan fingerprint density at radius 3 is 2.53 bits per heavy atom. The Morgan fingerprint density at radius 2 is 2.00 bits per heavy atom. The van der Waals surface area contributed by atoms with Gasteiger partial charge < -0.3 is 5.32 Å². The van der Waals surface area contributed by atoms with Gasteiger partial charge in [0.05, 0.1) is 0 Å². The van der Waals surface area contributed by atoms with Crippen LogP contribution in [-0.4, -0.2) is 5.54 Å². The van der Waals surface area contributed by atoms with Crippen molar-refractivity contribution in [3.8, 4) is 0 Å². The maximum absolute atomic E-state index is 6.07. The van der Waals surface area contributed by atoms with Gasteiger partial charge in [-0.05, 0) is 44.4 Å². The first kappa shape index (κ1) is 12.5. The third-order valence-electron chi connectivity index (χ3n) is 2.89. The van der Waals surface area contributed by atoms with Crippen molar-refractivity contribution in [1.82, 2.24) is 5.32 Å². The number of aryl methyl sites for hydroxylation is 1. The Morgan fingerprint density at radius 1 is 1.33 bits per heavy atom. The second kappa shape index (κ2) is 5.00. The molecule has 0 aliphatic carbocycles. The van der Waals surface area contributed by atoms with Crippen molar-refractivity contribution in [3.05, 3.63) is 34.3 Å². The van der Waals surface area contributed by atoms with Crippen LogP contribution >= 0.6 is 11.6 Å². The summed E-state index contributed by atoms with van der Waals surface area (Å²) in [6, 6.07) is 6.23. The van der Waals surface area contributed by atoms with Crippen molar-refractivity contribution in [2.24, 2.45) is 0 Å². The van der Waals surface area contributed by atoms with Crippen LogP contribution in [0.5, 0.6) is 0 Å². The van der Waals surface area contributed by atoms with Crippen molar-refractivity contribution in [1.29, 1.82) is 0 Å². The Kier molecular flexibility index (Phi) is 4.18. The first-order chi connectivity index (χ1) is 6.94. The maximum atomic E-state index is 6.07. The number of rotatable bonds is 4. The third kappa shape index (κ3) is 3.84. The highest BCUT2D eigenvalue weighted by molar-refractivity contribution is 6.31. The van der Waals surface area contributed by atoms with Gasteiger partial charge in [-0.2, -0.15) is 0 Å². The lowest BCUT2D eigenvalue weighted by Crippen LogP contribution is -2.37. The quantitative estimate of drug-likeness (QED) is 0.819. The molecule has 0 fully saturated rings. The van der Waals surface area contributed by atoms with Crippen LogP contribution in [0.3, 0.4) is 0 Å². The van der Waals surface area contributed by atoms with E-state index in [9.17, 15) is 0 Å². The molecule has 0 radical (unpaired) electrons. The summed E-state index contributed by atoms with van der Waals surface area (Å²) in [5.74, 6) is 0. The maximum Gasteiger partial charge on any atom is 0.0438 e. The fraction of sp³-hybridized carbons (Fsp3) is 0.538. The molecule has 2 heteroatoms. The molecule has 1 aromatic rings. The lowest BCUT2D eigenvalue weighted by atomic mass is 10.0. The minimum Gasteiger partial charge on any atom is -0.308 e. The fourth-order valence-corrected chi connectivity index (χ4v) is 1.42. The van der Waals surface area contributed by atoms with Gasteiger partial charge in [-0.3, -0.25) is 0 Å². The molecule has 0 atom stereocenters. The lowest BCUT2D eigenvalue weighted by Gasteiger charge is -2.24. The lowest BCUT2D eigenvalue weighted by molar-refractivity contribution is 0.374. The molecule has 0 spiro atoms. The predicted octanol–water partition coefficient (Wildman–Crippen LogP) is 3.93. The normalized spacial score (nSPS) is 11.8. The molecule has 0 saturated heterocycles. The molecule has 84 valence electrons. The number of nitrogens with one attached hydrogen (secondary N) is 1. The Bertz CT molecular complexity index is 331. The molecule has 1 N–H and O–H groups in total.